The van der Waals surface area contributed by atoms with Gasteiger partial charge in [0.2, 0.25) is 0 Å². The second-order valence-corrected chi connectivity index (χ2v) is 4.11. The summed E-state index contributed by atoms with van der Waals surface area (Å²) in [5.74, 6) is -0.796. The normalized spacial score (nSPS) is 11.7. The molecule has 0 saturated carbocycles. The highest BCUT2D eigenvalue weighted by atomic mass is 16.5. The van der Waals surface area contributed by atoms with Crippen molar-refractivity contribution in [3.8, 4) is 0 Å². The van der Waals surface area contributed by atoms with Crippen LogP contribution in [0.1, 0.15) is 13.0 Å². The zero-order valence-electron chi connectivity index (χ0n) is 11.9. The molecule has 114 valence electrons. The van der Waals surface area contributed by atoms with Crippen molar-refractivity contribution in [2.45, 2.75) is 19.5 Å². The van der Waals surface area contributed by atoms with Gasteiger partial charge in [0.25, 0.3) is 0 Å². The van der Waals surface area contributed by atoms with Crippen LogP contribution in [-0.2, 0) is 23.1 Å². The number of hydrogen-bond acceptors (Lipinski definition) is 5. The average molecular weight is 295 g/mol. The van der Waals surface area contributed by atoms with Crippen molar-refractivity contribution in [1.29, 1.82) is 0 Å². The van der Waals surface area contributed by atoms with Gasteiger partial charge in [-0.25, -0.2) is 32.9 Å². The van der Waals surface area contributed by atoms with Crippen LogP contribution in [0.4, 0.5) is 0 Å². The van der Waals surface area contributed by atoms with Gasteiger partial charge in [0, 0.05) is 7.05 Å². The van der Waals surface area contributed by atoms with E-state index in [9.17, 15) is 19.2 Å². The first-order chi connectivity index (χ1) is 9.90. The number of rotatable bonds is 6. The number of carbonyl (C=O) groups is 1. The molecule has 1 aromatic heterocycles. The Kier molecular flexibility index (Phi) is 5.23. The summed E-state index contributed by atoms with van der Waals surface area (Å²) in [5.41, 5.74) is -2.61. The van der Waals surface area contributed by atoms with Gasteiger partial charge in [-0.05, 0) is 6.92 Å². The molecular formula is C13H17N3O5. The molecule has 0 N–H and O–H groups in total. The molecule has 21 heavy (non-hydrogen) atoms. The van der Waals surface area contributed by atoms with Crippen LogP contribution in [-0.4, -0.2) is 26.3 Å². The summed E-state index contributed by atoms with van der Waals surface area (Å²) >= 11 is 0. The van der Waals surface area contributed by atoms with Crippen molar-refractivity contribution in [3.05, 3.63) is 56.8 Å². The monoisotopic (exact) mass is 295 g/mol. The maximum absolute atomic E-state index is 12.3. The number of aromatic nitrogens is 3. The van der Waals surface area contributed by atoms with Crippen molar-refractivity contribution in [2.75, 3.05) is 6.61 Å². The lowest BCUT2D eigenvalue weighted by atomic mass is 10.3. The minimum absolute atomic E-state index is 0.0848. The van der Waals surface area contributed by atoms with E-state index in [4.69, 9.17) is 4.74 Å². The van der Waals surface area contributed by atoms with E-state index in [0.717, 1.165) is 15.2 Å². The van der Waals surface area contributed by atoms with Crippen LogP contribution in [0.2, 0.25) is 0 Å². The van der Waals surface area contributed by atoms with E-state index in [1.807, 2.05) is 0 Å². The predicted molar refractivity (Wildman–Crippen MR) is 76.3 cm³/mol. The maximum Gasteiger partial charge on any atom is 0.337 e. The Bertz CT molecular complexity index is 738. The highest BCUT2D eigenvalue weighted by molar-refractivity contribution is 5.76. The van der Waals surface area contributed by atoms with E-state index in [1.165, 1.54) is 13.1 Å². The Labute approximate surface area is 120 Å². The smallest absolute Gasteiger partial charge is 0.337 e. The predicted octanol–water partition coefficient (Wildman–Crippen LogP) is -0.815. The molecule has 8 nitrogen and oxygen atoms in total. The van der Waals surface area contributed by atoms with Gasteiger partial charge in [-0.2, -0.15) is 0 Å². The third-order valence-electron chi connectivity index (χ3n) is 2.79. The quantitative estimate of drug-likeness (QED) is 0.505. The fraction of sp³-hybridized carbons (Fsp3) is 0.385. The molecule has 0 spiro atoms. The van der Waals surface area contributed by atoms with Gasteiger partial charge in [-0.1, -0.05) is 12.2 Å². The molecule has 0 aliphatic carbocycles. The van der Waals surface area contributed by atoms with E-state index in [2.05, 4.69) is 13.2 Å². The third-order valence-corrected chi connectivity index (χ3v) is 2.79. The van der Waals surface area contributed by atoms with Gasteiger partial charge in [0.15, 0.2) is 6.04 Å². The number of hydrogen-bond donors (Lipinski definition) is 0. The lowest BCUT2D eigenvalue weighted by molar-refractivity contribution is -0.145. The average Bonchev–Trinajstić information content (AvgIpc) is 2.46. The molecule has 0 aliphatic rings. The summed E-state index contributed by atoms with van der Waals surface area (Å²) in [4.78, 5) is 48.1. The third kappa shape index (κ3) is 2.93. The number of allylic oxidation sites excluding steroid dienone is 1. The summed E-state index contributed by atoms with van der Waals surface area (Å²) in [5, 5.41) is 0. The van der Waals surface area contributed by atoms with Crippen molar-refractivity contribution in [1.82, 2.24) is 13.7 Å². The van der Waals surface area contributed by atoms with Crippen LogP contribution in [0, 0.1) is 0 Å². The van der Waals surface area contributed by atoms with Gasteiger partial charge in [-0.15, -0.1) is 13.2 Å². The van der Waals surface area contributed by atoms with Crippen molar-refractivity contribution < 1.29 is 9.53 Å². The van der Waals surface area contributed by atoms with Gasteiger partial charge in [0.05, 0.1) is 13.2 Å². The minimum Gasteiger partial charge on any atom is -0.464 e. The minimum atomic E-state index is -1.30. The summed E-state index contributed by atoms with van der Waals surface area (Å²) in [6, 6.07) is -1.30. The number of ether oxygens (including phenoxy) is 1. The maximum atomic E-state index is 12.3. The summed E-state index contributed by atoms with van der Waals surface area (Å²) in [6.45, 7) is 8.47. The molecule has 1 aromatic rings. The molecule has 1 unspecified atom stereocenters. The van der Waals surface area contributed by atoms with Crippen LogP contribution < -0.4 is 17.1 Å². The largest absolute Gasteiger partial charge is 0.464 e. The zero-order valence-corrected chi connectivity index (χ0v) is 11.9. The van der Waals surface area contributed by atoms with Crippen molar-refractivity contribution in [3.63, 3.8) is 0 Å². The lowest BCUT2D eigenvalue weighted by Gasteiger charge is -2.16. The number of carbonyl (C=O) groups excluding carboxylic acids is 1. The van der Waals surface area contributed by atoms with Crippen LogP contribution in [0.3, 0.4) is 0 Å². The molecule has 0 saturated heterocycles. The van der Waals surface area contributed by atoms with E-state index < -0.39 is 29.1 Å². The Morgan fingerprint density at radius 3 is 2.33 bits per heavy atom. The Balaban J connectivity index is 3.70. The van der Waals surface area contributed by atoms with Gasteiger partial charge in [-0.3, -0.25) is 0 Å². The van der Waals surface area contributed by atoms with Gasteiger partial charge in [0.1, 0.15) is 0 Å². The molecular weight excluding hydrogens is 278 g/mol. The molecule has 1 heterocycles. The van der Waals surface area contributed by atoms with Crippen LogP contribution >= 0.6 is 0 Å². The Morgan fingerprint density at radius 2 is 1.86 bits per heavy atom. The Hall–Kier alpha value is -2.64. The SMILES string of the molecule is C=CCn1c(=O)n(C)c(=O)n(C(C=C)C(=O)OCC)c1=O. The highest BCUT2D eigenvalue weighted by Crippen LogP contribution is 2.04. The zero-order chi connectivity index (χ0) is 16.2. The molecule has 8 heteroatoms. The summed E-state index contributed by atoms with van der Waals surface area (Å²) in [7, 11) is 1.21. The molecule has 0 fully saturated rings. The van der Waals surface area contributed by atoms with Gasteiger partial charge >= 0.3 is 23.0 Å². The fourth-order valence-electron chi connectivity index (χ4n) is 1.78. The number of esters is 1. The molecule has 0 aromatic carbocycles. The second-order valence-electron chi connectivity index (χ2n) is 4.11. The van der Waals surface area contributed by atoms with E-state index >= 15 is 0 Å². The molecule has 0 radical (unpaired) electrons. The first kappa shape index (κ1) is 16.4. The van der Waals surface area contributed by atoms with Crippen LogP contribution in [0.5, 0.6) is 0 Å². The van der Waals surface area contributed by atoms with Crippen LogP contribution in [0.15, 0.2) is 39.7 Å². The molecule has 0 amide bonds. The first-order valence-corrected chi connectivity index (χ1v) is 6.23. The Morgan fingerprint density at radius 1 is 1.24 bits per heavy atom. The standard InChI is InChI=1S/C13H17N3O5/c1-5-8-15-11(18)14(4)12(19)16(13(15)20)9(6-2)10(17)21-7-3/h5-6,9H,1-2,7-8H2,3-4H3. The molecule has 0 aliphatic heterocycles. The van der Waals surface area contributed by atoms with Crippen molar-refractivity contribution >= 4 is 5.97 Å². The fourth-order valence-corrected chi connectivity index (χ4v) is 1.78. The van der Waals surface area contributed by atoms with E-state index in [-0.39, 0.29) is 13.2 Å². The topological polar surface area (TPSA) is 92.3 Å². The summed E-state index contributed by atoms with van der Waals surface area (Å²) < 4.78 is 6.97. The van der Waals surface area contributed by atoms with E-state index in [1.54, 1.807) is 6.92 Å². The summed E-state index contributed by atoms with van der Waals surface area (Å²) in [6.07, 6.45) is 2.45. The molecule has 0 bridgehead atoms. The van der Waals surface area contributed by atoms with Crippen molar-refractivity contribution in [2.24, 2.45) is 7.05 Å². The second kappa shape index (κ2) is 6.69. The number of nitrogens with zero attached hydrogens (tertiary/aromatic N) is 3. The first-order valence-electron chi connectivity index (χ1n) is 6.23. The molecule has 1 rings (SSSR count). The highest BCUT2D eigenvalue weighted by Gasteiger charge is 2.25. The van der Waals surface area contributed by atoms with E-state index in [0.29, 0.717) is 4.57 Å². The van der Waals surface area contributed by atoms with Crippen LogP contribution in [0.25, 0.3) is 0 Å². The van der Waals surface area contributed by atoms with Gasteiger partial charge < -0.3 is 4.74 Å². The molecule has 1 atom stereocenters. The lowest BCUT2D eigenvalue weighted by Crippen LogP contribution is -2.55.